The number of fused-ring (bicyclic) bond motifs is 1. The number of hydrogen-bond acceptors (Lipinski definition) is 3. The zero-order valence-electron chi connectivity index (χ0n) is 7.17. The predicted octanol–water partition coefficient (Wildman–Crippen LogP) is 2.67. The van der Waals surface area contributed by atoms with E-state index in [1.54, 1.807) is 11.3 Å². The van der Waals surface area contributed by atoms with Crippen molar-refractivity contribution >= 4 is 33.2 Å². The Kier molecular flexibility index (Phi) is 2.49. The van der Waals surface area contributed by atoms with Crippen molar-refractivity contribution in [3.63, 3.8) is 0 Å². The lowest BCUT2D eigenvalue weighted by atomic mass is 10.2. The van der Waals surface area contributed by atoms with Gasteiger partial charge in [-0.25, -0.2) is 4.98 Å². The summed E-state index contributed by atoms with van der Waals surface area (Å²) in [6.45, 7) is 0.784. The third kappa shape index (κ3) is 1.68. The second kappa shape index (κ2) is 3.62. The van der Waals surface area contributed by atoms with Gasteiger partial charge in [0.05, 0.1) is 15.7 Å². The summed E-state index contributed by atoms with van der Waals surface area (Å²) in [6.07, 6.45) is 0. The average molecular weight is 213 g/mol. The van der Waals surface area contributed by atoms with Crippen LogP contribution >= 0.6 is 22.9 Å². The van der Waals surface area contributed by atoms with Crippen molar-refractivity contribution in [3.05, 3.63) is 28.2 Å². The Labute approximate surface area is 85.6 Å². The van der Waals surface area contributed by atoms with Gasteiger partial charge in [-0.15, -0.1) is 11.3 Å². The summed E-state index contributed by atoms with van der Waals surface area (Å²) in [5.41, 5.74) is 3.96. The first-order valence-corrected chi connectivity index (χ1v) is 5.23. The van der Waals surface area contributed by atoms with Gasteiger partial charge in [0, 0.05) is 11.6 Å². The molecule has 0 aliphatic heterocycles. The Morgan fingerprint density at radius 2 is 2.38 bits per heavy atom. The first kappa shape index (κ1) is 8.94. The minimum absolute atomic E-state index is 0.784. The van der Waals surface area contributed by atoms with Crippen LogP contribution in [0.5, 0.6) is 0 Å². The second-order valence-electron chi connectivity index (χ2n) is 2.79. The van der Waals surface area contributed by atoms with Crippen LogP contribution in [-0.2, 0) is 6.54 Å². The van der Waals surface area contributed by atoms with Crippen molar-refractivity contribution in [3.8, 4) is 0 Å². The van der Waals surface area contributed by atoms with Crippen LogP contribution in [0.2, 0.25) is 5.02 Å². The maximum absolute atomic E-state index is 6.08. The molecule has 1 aromatic carbocycles. The van der Waals surface area contributed by atoms with Crippen LogP contribution in [0.25, 0.3) is 10.2 Å². The molecular weight excluding hydrogens is 204 g/mol. The molecule has 1 aromatic heterocycles. The summed E-state index contributed by atoms with van der Waals surface area (Å²) in [7, 11) is 1.90. The fraction of sp³-hybridized carbons (Fsp3) is 0.222. The molecule has 1 heterocycles. The fourth-order valence-corrected chi connectivity index (χ4v) is 2.24. The highest BCUT2D eigenvalue weighted by molar-refractivity contribution is 7.16. The zero-order chi connectivity index (χ0) is 9.26. The molecule has 0 aliphatic carbocycles. The van der Waals surface area contributed by atoms with Gasteiger partial charge in [-0.2, -0.15) is 0 Å². The molecule has 1 N–H and O–H groups in total. The summed E-state index contributed by atoms with van der Waals surface area (Å²) < 4.78 is 1.14. The first-order valence-electron chi connectivity index (χ1n) is 3.97. The van der Waals surface area contributed by atoms with Crippen LogP contribution < -0.4 is 5.32 Å². The van der Waals surface area contributed by atoms with E-state index in [0.29, 0.717) is 0 Å². The number of nitrogens with one attached hydrogen (secondary N) is 1. The molecule has 0 radical (unpaired) electrons. The molecule has 0 spiro atoms. The van der Waals surface area contributed by atoms with E-state index in [0.717, 1.165) is 27.3 Å². The largest absolute Gasteiger partial charge is 0.316 e. The Hall–Kier alpha value is -0.640. The highest BCUT2D eigenvalue weighted by Crippen LogP contribution is 2.25. The van der Waals surface area contributed by atoms with Crippen LogP contribution in [0, 0.1) is 0 Å². The van der Waals surface area contributed by atoms with Crippen LogP contribution in [-0.4, -0.2) is 12.0 Å². The molecular formula is C9H9ClN2S. The number of hydrogen-bond donors (Lipinski definition) is 1. The second-order valence-corrected chi connectivity index (χ2v) is 4.09. The lowest BCUT2D eigenvalue weighted by molar-refractivity contribution is 0.819. The van der Waals surface area contributed by atoms with Crippen LogP contribution in [0.15, 0.2) is 17.6 Å². The number of nitrogens with zero attached hydrogens (tertiary/aromatic N) is 1. The van der Waals surface area contributed by atoms with Gasteiger partial charge in [0.1, 0.15) is 0 Å². The van der Waals surface area contributed by atoms with Crippen molar-refractivity contribution in [1.82, 2.24) is 10.3 Å². The monoisotopic (exact) mass is 212 g/mol. The quantitative estimate of drug-likeness (QED) is 0.828. The Morgan fingerprint density at radius 3 is 3.15 bits per heavy atom. The highest BCUT2D eigenvalue weighted by Gasteiger charge is 2.03. The molecule has 0 atom stereocenters. The molecule has 0 amide bonds. The Bertz CT molecular complexity index is 424. The molecule has 2 rings (SSSR count). The summed E-state index contributed by atoms with van der Waals surface area (Å²) in [6, 6.07) is 4.01. The lowest BCUT2D eigenvalue weighted by Crippen LogP contribution is -2.05. The van der Waals surface area contributed by atoms with Gasteiger partial charge in [-0.1, -0.05) is 11.6 Å². The minimum Gasteiger partial charge on any atom is -0.316 e. The molecule has 0 saturated carbocycles. The van der Waals surface area contributed by atoms with E-state index in [2.05, 4.69) is 10.3 Å². The smallest absolute Gasteiger partial charge is 0.0816 e. The van der Waals surface area contributed by atoms with E-state index in [9.17, 15) is 0 Å². The van der Waals surface area contributed by atoms with Gasteiger partial charge in [0.15, 0.2) is 0 Å². The molecule has 0 unspecified atom stereocenters. The first-order chi connectivity index (χ1) is 6.31. The maximum atomic E-state index is 6.08. The maximum Gasteiger partial charge on any atom is 0.0816 e. The average Bonchev–Trinajstić information content (AvgIpc) is 2.52. The molecule has 4 heteroatoms. The molecule has 2 aromatic rings. The molecule has 2 nitrogen and oxygen atoms in total. The van der Waals surface area contributed by atoms with Crippen molar-refractivity contribution in [2.45, 2.75) is 6.54 Å². The molecule has 0 fully saturated rings. The lowest BCUT2D eigenvalue weighted by Gasteiger charge is -2.02. The van der Waals surface area contributed by atoms with Gasteiger partial charge in [0.2, 0.25) is 0 Å². The van der Waals surface area contributed by atoms with E-state index < -0.39 is 0 Å². The van der Waals surface area contributed by atoms with E-state index in [4.69, 9.17) is 11.6 Å². The highest BCUT2D eigenvalue weighted by atomic mass is 35.5. The van der Waals surface area contributed by atoms with Gasteiger partial charge in [0.25, 0.3) is 0 Å². The SMILES string of the molecule is CNCc1cc2ncsc2cc1Cl. The third-order valence-electron chi connectivity index (χ3n) is 1.87. The van der Waals surface area contributed by atoms with Gasteiger partial charge in [-0.3, -0.25) is 0 Å². The number of thiazole rings is 1. The van der Waals surface area contributed by atoms with Gasteiger partial charge < -0.3 is 5.32 Å². The summed E-state index contributed by atoms with van der Waals surface area (Å²) in [5, 5.41) is 3.88. The molecule has 68 valence electrons. The van der Waals surface area contributed by atoms with Gasteiger partial charge >= 0.3 is 0 Å². The Balaban J connectivity index is 2.56. The summed E-state index contributed by atoms with van der Waals surface area (Å²) in [4.78, 5) is 4.23. The molecule has 0 bridgehead atoms. The van der Waals surface area contributed by atoms with E-state index in [1.807, 2.05) is 24.7 Å². The number of benzene rings is 1. The van der Waals surface area contributed by atoms with E-state index >= 15 is 0 Å². The standard InChI is InChI=1S/C9H9ClN2S/c1-11-4-6-2-8-9(3-7(6)10)13-5-12-8/h2-3,5,11H,4H2,1H3. The van der Waals surface area contributed by atoms with Gasteiger partial charge in [-0.05, 0) is 24.7 Å². The van der Waals surface area contributed by atoms with Crippen molar-refractivity contribution < 1.29 is 0 Å². The molecule has 0 aliphatic rings. The van der Waals surface area contributed by atoms with Crippen LogP contribution in [0.1, 0.15) is 5.56 Å². The van der Waals surface area contributed by atoms with Crippen LogP contribution in [0.3, 0.4) is 0 Å². The molecule has 13 heavy (non-hydrogen) atoms. The van der Waals surface area contributed by atoms with Crippen molar-refractivity contribution in [2.24, 2.45) is 0 Å². The normalized spacial score (nSPS) is 10.9. The van der Waals surface area contributed by atoms with Crippen LogP contribution in [0.4, 0.5) is 0 Å². The third-order valence-corrected chi connectivity index (χ3v) is 3.01. The predicted molar refractivity (Wildman–Crippen MR) is 57.4 cm³/mol. The molecule has 0 saturated heterocycles. The minimum atomic E-state index is 0.784. The summed E-state index contributed by atoms with van der Waals surface area (Å²) in [5.74, 6) is 0. The number of aromatic nitrogens is 1. The van der Waals surface area contributed by atoms with Crippen molar-refractivity contribution in [1.29, 1.82) is 0 Å². The van der Waals surface area contributed by atoms with E-state index in [-0.39, 0.29) is 0 Å². The zero-order valence-corrected chi connectivity index (χ0v) is 8.75. The number of rotatable bonds is 2. The fourth-order valence-electron chi connectivity index (χ4n) is 1.25. The number of halogens is 1. The summed E-state index contributed by atoms with van der Waals surface area (Å²) >= 11 is 7.69. The van der Waals surface area contributed by atoms with E-state index in [1.165, 1.54) is 0 Å². The van der Waals surface area contributed by atoms with Crippen molar-refractivity contribution in [2.75, 3.05) is 7.05 Å². The topological polar surface area (TPSA) is 24.9 Å². The Morgan fingerprint density at radius 1 is 1.54 bits per heavy atom.